The molecule has 0 aromatic heterocycles. The van der Waals surface area contributed by atoms with Crippen LogP contribution in [0.15, 0.2) is 24.3 Å². The highest BCUT2D eigenvalue weighted by atomic mass is 19.4. The first-order valence-corrected chi connectivity index (χ1v) is 6.65. The third kappa shape index (κ3) is 7.23. The summed E-state index contributed by atoms with van der Waals surface area (Å²) < 4.78 is 46.6. The molecule has 0 unspecified atom stereocenters. The fourth-order valence-electron chi connectivity index (χ4n) is 1.62. The van der Waals surface area contributed by atoms with Gasteiger partial charge in [-0.2, -0.15) is 13.2 Å². The van der Waals surface area contributed by atoms with Crippen molar-refractivity contribution in [2.75, 3.05) is 26.3 Å². The Hall–Kier alpha value is -1.43. The molecule has 1 aromatic carbocycles. The van der Waals surface area contributed by atoms with E-state index in [0.29, 0.717) is 37.8 Å². The molecule has 6 heteroatoms. The van der Waals surface area contributed by atoms with Crippen LogP contribution in [-0.4, -0.2) is 32.5 Å². The molecule has 0 saturated carbocycles. The molecule has 0 atom stereocenters. The number of hydrogen-bond donors (Lipinski definition) is 1. The van der Waals surface area contributed by atoms with Gasteiger partial charge in [-0.05, 0) is 32.0 Å². The smallest absolute Gasteiger partial charge is 0.389 e. The zero-order valence-electron chi connectivity index (χ0n) is 11.5. The van der Waals surface area contributed by atoms with Crippen LogP contribution in [0.25, 0.3) is 0 Å². The van der Waals surface area contributed by atoms with E-state index in [0.717, 1.165) is 0 Å². The average molecular weight is 291 g/mol. The Morgan fingerprint density at radius 2 is 1.70 bits per heavy atom. The van der Waals surface area contributed by atoms with E-state index >= 15 is 0 Å². The molecular formula is C14H20F3NO2. The van der Waals surface area contributed by atoms with Gasteiger partial charge in [-0.3, -0.25) is 0 Å². The van der Waals surface area contributed by atoms with E-state index in [1.807, 2.05) is 25.1 Å². The second-order valence-electron chi connectivity index (χ2n) is 4.20. The lowest BCUT2D eigenvalue weighted by molar-refractivity contribution is -0.135. The zero-order valence-corrected chi connectivity index (χ0v) is 11.5. The van der Waals surface area contributed by atoms with E-state index in [-0.39, 0.29) is 6.42 Å². The first-order chi connectivity index (χ1) is 9.53. The van der Waals surface area contributed by atoms with Gasteiger partial charge in [-0.25, -0.2) is 0 Å². The normalized spacial score (nSPS) is 11.4. The number of rotatable bonds is 9. The van der Waals surface area contributed by atoms with Crippen molar-refractivity contribution in [1.82, 2.24) is 5.32 Å². The Labute approximate surface area is 117 Å². The molecule has 0 radical (unpaired) electrons. The second-order valence-corrected chi connectivity index (χ2v) is 4.20. The first-order valence-electron chi connectivity index (χ1n) is 6.65. The SMILES string of the molecule is CCOc1ccccc1OCCNCCCC(F)(F)F. The molecule has 0 aliphatic heterocycles. The minimum absolute atomic E-state index is 0.0824. The Morgan fingerprint density at radius 3 is 2.30 bits per heavy atom. The third-order valence-corrected chi connectivity index (χ3v) is 2.50. The zero-order chi connectivity index (χ0) is 14.8. The Balaban J connectivity index is 2.15. The van der Waals surface area contributed by atoms with Crippen molar-refractivity contribution < 1.29 is 22.6 Å². The lowest BCUT2D eigenvalue weighted by Crippen LogP contribution is -2.23. The van der Waals surface area contributed by atoms with Crippen molar-refractivity contribution in [3.05, 3.63) is 24.3 Å². The van der Waals surface area contributed by atoms with Gasteiger partial charge in [0.1, 0.15) is 6.61 Å². The molecule has 0 heterocycles. The van der Waals surface area contributed by atoms with Gasteiger partial charge < -0.3 is 14.8 Å². The molecule has 20 heavy (non-hydrogen) atoms. The molecule has 0 bridgehead atoms. The van der Waals surface area contributed by atoms with Gasteiger partial charge in [0.05, 0.1) is 6.61 Å². The van der Waals surface area contributed by atoms with E-state index in [1.165, 1.54) is 0 Å². The topological polar surface area (TPSA) is 30.5 Å². The van der Waals surface area contributed by atoms with Crippen molar-refractivity contribution >= 4 is 0 Å². The largest absolute Gasteiger partial charge is 0.490 e. The number of nitrogens with one attached hydrogen (secondary N) is 1. The van der Waals surface area contributed by atoms with Crippen LogP contribution in [-0.2, 0) is 0 Å². The second kappa shape index (κ2) is 8.68. The van der Waals surface area contributed by atoms with Gasteiger partial charge in [-0.1, -0.05) is 12.1 Å². The van der Waals surface area contributed by atoms with Crippen LogP contribution in [0.4, 0.5) is 13.2 Å². The highest BCUT2D eigenvalue weighted by molar-refractivity contribution is 5.39. The quantitative estimate of drug-likeness (QED) is 0.707. The van der Waals surface area contributed by atoms with Crippen LogP contribution in [0.3, 0.4) is 0 Å². The molecule has 0 fully saturated rings. The van der Waals surface area contributed by atoms with Crippen molar-refractivity contribution in [3.63, 3.8) is 0 Å². The van der Waals surface area contributed by atoms with Crippen molar-refractivity contribution in [2.24, 2.45) is 0 Å². The molecule has 0 aliphatic carbocycles. The van der Waals surface area contributed by atoms with E-state index in [9.17, 15) is 13.2 Å². The predicted octanol–water partition coefficient (Wildman–Crippen LogP) is 3.40. The number of para-hydroxylation sites is 2. The molecule has 1 aromatic rings. The maximum absolute atomic E-state index is 11.9. The summed E-state index contributed by atoms with van der Waals surface area (Å²) in [5.74, 6) is 1.32. The molecule has 1 N–H and O–H groups in total. The summed E-state index contributed by atoms with van der Waals surface area (Å²) in [7, 11) is 0. The van der Waals surface area contributed by atoms with Crippen LogP contribution in [0.2, 0.25) is 0 Å². The fourth-order valence-corrected chi connectivity index (χ4v) is 1.62. The van der Waals surface area contributed by atoms with Gasteiger partial charge >= 0.3 is 6.18 Å². The number of hydrogen-bond acceptors (Lipinski definition) is 3. The van der Waals surface area contributed by atoms with E-state index < -0.39 is 12.6 Å². The van der Waals surface area contributed by atoms with E-state index in [2.05, 4.69) is 5.32 Å². The molecule has 0 saturated heterocycles. The minimum Gasteiger partial charge on any atom is -0.490 e. The Kier molecular flexibility index (Phi) is 7.22. The van der Waals surface area contributed by atoms with Gasteiger partial charge in [0.25, 0.3) is 0 Å². The maximum atomic E-state index is 11.9. The highest BCUT2D eigenvalue weighted by Gasteiger charge is 2.25. The Morgan fingerprint density at radius 1 is 1.05 bits per heavy atom. The summed E-state index contributed by atoms with van der Waals surface area (Å²) in [5.41, 5.74) is 0. The van der Waals surface area contributed by atoms with Crippen molar-refractivity contribution in [3.8, 4) is 11.5 Å². The van der Waals surface area contributed by atoms with Crippen LogP contribution in [0, 0.1) is 0 Å². The van der Waals surface area contributed by atoms with Crippen LogP contribution in [0.5, 0.6) is 11.5 Å². The molecule has 1 rings (SSSR count). The van der Waals surface area contributed by atoms with Gasteiger partial charge in [0.2, 0.25) is 0 Å². The summed E-state index contributed by atoms with van der Waals surface area (Å²) in [6, 6.07) is 7.31. The molecule has 0 amide bonds. The summed E-state index contributed by atoms with van der Waals surface area (Å²) in [4.78, 5) is 0. The summed E-state index contributed by atoms with van der Waals surface area (Å²) in [6.07, 6.45) is -4.75. The lowest BCUT2D eigenvalue weighted by Gasteiger charge is -2.12. The third-order valence-electron chi connectivity index (χ3n) is 2.50. The molecule has 0 aliphatic rings. The summed E-state index contributed by atoms with van der Waals surface area (Å²) in [5, 5.41) is 2.91. The summed E-state index contributed by atoms with van der Waals surface area (Å²) in [6.45, 7) is 3.65. The minimum atomic E-state index is -4.07. The number of alkyl halides is 3. The maximum Gasteiger partial charge on any atom is 0.389 e. The lowest BCUT2D eigenvalue weighted by atomic mass is 10.3. The van der Waals surface area contributed by atoms with Crippen LogP contribution < -0.4 is 14.8 Å². The molecule has 0 spiro atoms. The first kappa shape index (κ1) is 16.6. The fraction of sp³-hybridized carbons (Fsp3) is 0.571. The monoisotopic (exact) mass is 291 g/mol. The molecule has 3 nitrogen and oxygen atoms in total. The molecule has 114 valence electrons. The van der Waals surface area contributed by atoms with Crippen LogP contribution >= 0.6 is 0 Å². The van der Waals surface area contributed by atoms with Gasteiger partial charge in [0.15, 0.2) is 11.5 Å². The van der Waals surface area contributed by atoms with Crippen molar-refractivity contribution in [2.45, 2.75) is 25.9 Å². The van der Waals surface area contributed by atoms with E-state index in [4.69, 9.17) is 9.47 Å². The van der Waals surface area contributed by atoms with E-state index in [1.54, 1.807) is 6.07 Å². The number of benzene rings is 1. The van der Waals surface area contributed by atoms with Crippen LogP contribution in [0.1, 0.15) is 19.8 Å². The Bertz CT molecular complexity index is 383. The highest BCUT2D eigenvalue weighted by Crippen LogP contribution is 2.26. The predicted molar refractivity (Wildman–Crippen MR) is 71.3 cm³/mol. The standard InChI is InChI=1S/C14H20F3NO2/c1-2-19-12-6-3-4-7-13(12)20-11-10-18-9-5-8-14(15,16)17/h3-4,6-7,18H,2,5,8-11H2,1H3. The summed E-state index contributed by atoms with van der Waals surface area (Å²) >= 11 is 0. The number of halogens is 3. The average Bonchev–Trinajstić information content (AvgIpc) is 2.38. The number of ether oxygens (including phenoxy) is 2. The van der Waals surface area contributed by atoms with Crippen molar-refractivity contribution in [1.29, 1.82) is 0 Å². The van der Waals surface area contributed by atoms with Gasteiger partial charge in [0, 0.05) is 13.0 Å². The molecular weight excluding hydrogens is 271 g/mol. The van der Waals surface area contributed by atoms with Gasteiger partial charge in [-0.15, -0.1) is 0 Å².